The summed E-state index contributed by atoms with van der Waals surface area (Å²) < 4.78 is 0. The van der Waals surface area contributed by atoms with Crippen molar-refractivity contribution in [2.75, 3.05) is 6.54 Å². The Bertz CT molecular complexity index is 1000. The second kappa shape index (κ2) is 11.4. The fourth-order valence-electron chi connectivity index (χ4n) is 3.28. The van der Waals surface area contributed by atoms with Crippen molar-refractivity contribution in [3.05, 3.63) is 36.0 Å². The van der Waals surface area contributed by atoms with E-state index in [0.717, 1.165) is 16.5 Å². The summed E-state index contributed by atoms with van der Waals surface area (Å²) in [5.41, 5.74) is 7.33. The van der Waals surface area contributed by atoms with Gasteiger partial charge in [-0.1, -0.05) is 32.0 Å². The molecule has 3 amide bonds. The van der Waals surface area contributed by atoms with Crippen LogP contribution in [-0.2, 0) is 25.6 Å². The van der Waals surface area contributed by atoms with Crippen LogP contribution in [0.15, 0.2) is 30.5 Å². The van der Waals surface area contributed by atoms with Crippen molar-refractivity contribution in [1.82, 2.24) is 20.9 Å². The van der Waals surface area contributed by atoms with Gasteiger partial charge in [0.25, 0.3) is 0 Å². The van der Waals surface area contributed by atoms with Crippen molar-refractivity contribution < 1.29 is 29.4 Å². The predicted octanol–water partition coefficient (Wildman–Crippen LogP) is -0.755. The molecule has 33 heavy (non-hydrogen) atoms. The summed E-state index contributed by atoms with van der Waals surface area (Å²) in [6.45, 7) is 4.17. The number of benzene rings is 1. The molecule has 1 aromatic heterocycles. The van der Waals surface area contributed by atoms with Crippen molar-refractivity contribution >= 4 is 34.6 Å². The fraction of sp³-hybridized carbons (Fsp3) is 0.455. The molecule has 0 spiro atoms. The molecular weight excluding hydrogens is 430 g/mol. The van der Waals surface area contributed by atoms with Crippen LogP contribution in [0, 0.1) is 5.92 Å². The van der Waals surface area contributed by atoms with Gasteiger partial charge in [0.05, 0.1) is 6.10 Å². The van der Waals surface area contributed by atoms with E-state index in [-0.39, 0.29) is 12.3 Å². The Hall–Kier alpha value is -3.44. The van der Waals surface area contributed by atoms with E-state index in [1.807, 2.05) is 24.3 Å². The lowest BCUT2D eigenvalue weighted by molar-refractivity contribution is -0.139. The number of carboxylic acids is 1. The Morgan fingerprint density at radius 2 is 1.70 bits per heavy atom. The van der Waals surface area contributed by atoms with Crippen LogP contribution in [-0.4, -0.2) is 69.7 Å². The maximum absolute atomic E-state index is 13.2. The molecule has 4 atom stereocenters. The summed E-state index contributed by atoms with van der Waals surface area (Å²) in [6.07, 6.45) is 0.688. The second-order valence-corrected chi connectivity index (χ2v) is 8.23. The Morgan fingerprint density at radius 1 is 1.03 bits per heavy atom. The van der Waals surface area contributed by atoms with Crippen LogP contribution in [0.3, 0.4) is 0 Å². The number of aliphatic carboxylic acids is 1. The highest BCUT2D eigenvalue weighted by Gasteiger charge is 2.31. The van der Waals surface area contributed by atoms with E-state index in [4.69, 9.17) is 10.8 Å². The van der Waals surface area contributed by atoms with Crippen molar-refractivity contribution in [3.8, 4) is 0 Å². The molecule has 2 aromatic rings. The normalized spacial score (nSPS) is 14.8. The van der Waals surface area contributed by atoms with Crippen LogP contribution in [0.2, 0.25) is 0 Å². The molecule has 1 heterocycles. The van der Waals surface area contributed by atoms with Gasteiger partial charge >= 0.3 is 5.97 Å². The van der Waals surface area contributed by atoms with Gasteiger partial charge in [0.15, 0.2) is 0 Å². The molecule has 0 aliphatic rings. The molecule has 4 unspecified atom stereocenters. The zero-order valence-corrected chi connectivity index (χ0v) is 18.8. The van der Waals surface area contributed by atoms with Crippen LogP contribution in [0.5, 0.6) is 0 Å². The number of nitrogens with two attached hydrogens (primary N) is 1. The molecule has 0 fully saturated rings. The number of hydrogen-bond donors (Lipinski definition) is 7. The van der Waals surface area contributed by atoms with Crippen molar-refractivity contribution in [2.24, 2.45) is 11.7 Å². The Labute approximate surface area is 191 Å². The number of aromatic amines is 1. The van der Waals surface area contributed by atoms with Crippen molar-refractivity contribution in [3.63, 3.8) is 0 Å². The predicted molar refractivity (Wildman–Crippen MR) is 121 cm³/mol. The zero-order valence-electron chi connectivity index (χ0n) is 18.8. The number of carbonyl (C=O) groups excluding carboxylic acids is 3. The number of hydrogen-bond acceptors (Lipinski definition) is 6. The third-order valence-corrected chi connectivity index (χ3v) is 5.22. The zero-order chi connectivity index (χ0) is 24.7. The average molecular weight is 462 g/mol. The van der Waals surface area contributed by atoms with E-state index in [2.05, 4.69) is 20.9 Å². The first-order valence-corrected chi connectivity index (χ1v) is 10.6. The number of rotatable bonds is 11. The summed E-state index contributed by atoms with van der Waals surface area (Å²) in [5.74, 6) is -3.59. The maximum atomic E-state index is 13.2. The van der Waals surface area contributed by atoms with Crippen LogP contribution < -0.4 is 21.7 Å². The number of para-hydroxylation sites is 1. The minimum atomic E-state index is -1.25. The number of carbonyl (C=O) groups is 4. The summed E-state index contributed by atoms with van der Waals surface area (Å²) in [4.78, 5) is 51.9. The van der Waals surface area contributed by atoms with Crippen LogP contribution >= 0.6 is 0 Å². The second-order valence-electron chi connectivity index (χ2n) is 8.23. The summed E-state index contributed by atoms with van der Waals surface area (Å²) in [6, 6.07) is 4.08. The number of carboxylic acid groups (broad SMARTS) is 1. The van der Waals surface area contributed by atoms with Gasteiger partial charge in [-0.15, -0.1) is 0 Å². The van der Waals surface area contributed by atoms with E-state index in [1.165, 1.54) is 6.92 Å². The lowest BCUT2D eigenvalue weighted by Gasteiger charge is -2.26. The van der Waals surface area contributed by atoms with Crippen molar-refractivity contribution in [1.29, 1.82) is 0 Å². The molecule has 0 saturated heterocycles. The minimum absolute atomic E-state index is 0.0929. The molecule has 1 aromatic carbocycles. The van der Waals surface area contributed by atoms with Gasteiger partial charge in [-0.25, -0.2) is 0 Å². The summed E-state index contributed by atoms with van der Waals surface area (Å²) in [5, 5.41) is 26.7. The quantitative estimate of drug-likeness (QED) is 0.229. The largest absolute Gasteiger partial charge is 0.480 e. The first kappa shape index (κ1) is 25.8. The highest BCUT2D eigenvalue weighted by atomic mass is 16.4. The van der Waals surface area contributed by atoms with E-state index >= 15 is 0 Å². The Morgan fingerprint density at radius 3 is 2.30 bits per heavy atom. The van der Waals surface area contributed by atoms with Gasteiger partial charge in [-0.2, -0.15) is 0 Å². The molecule has 0 bridgehead atoms. The number of aliphatic hydroxyl groups excluding tert-OH is 1. The third-order valence-electron chi connectivity index (χ3n) is 5.22. The number of aromatic nitrogens is 1. The summed E-state index contributed by atoms with van der Waals surface area (Å²) >= 11 is 0. The fourth-order valence-corrected chi connectivity index (χ4v) is 3.28. The average Bonchev–Trinajstić information content (AvgIpc) is 3.17. The number of amides is 3. The van der Waals surface area contributed by atoms with E-state index in [1.54, 1.807) is 20.0 Å². The first-order chi connectivity index (χ1) is 15.5. The molecule has 11 heteroatoms. The smallest absolute Gasteiger partial charge is 0.322 e. The number of aliphatic hydroxyl groups is 1. The number of H-pyrrole nitrogens is 1. The van der Waals surface area contributed by atoms with Gasteiger partial charge in [-0.3, -0.25) is 19.2 Å². The van der Waals surface area contributed by atoms with Crippen LogP contribution in [0.1, 0.15) is 26.3 Å². The lowest BCUT2D eigenvalue weighted by Crippen LogP contribution is -2.58. The maximum Gasteiger partial charge on any atom is 0.322 e. The molecule has 8 N–H and O–H groups in total. The topological polar surface area (TPSA) is 187 Å². The van der Waals surface area contributed by atoms with Crippen molar-refractivity contribution in [2.45, 2.75) is 51.4 Å². The number of nitrogens with one attached hydrogen (secondary N) is 4. The van der Waals surface area contributed by atoms with Gasteiger partial charge < -0.3 is 36.9 Å². The molecule has 0 saturated carbocycles. The summed E-state index contributed by atoms with van der Waals surface area (Å²) in [7, 11) is 0. The standard InChI is InChI=1S/C22H31N5O6/c1-11(2)19(22(33)25-10-17(29)30)27-20(31)16(26-21(32)18(23)12(3)28)8-13-9-24-15-7-5-4-6-14(13)15/h4-7,9,11-12,16,18-19,24,28H,8,10,23H2,1-3H3,(H,25,33)(H,26,32)(H,27,31)(H,29,30). The van der Waals surface area contributed by atoms with Crippen LogP contribution in [0.25, 0.3) is 10.9 Å². The minimum Gasteiger partial charge on any atom is -0.480 e. The monoisotopic (exact) mass is 461 g/mol. The molecule has 0 aliphatic heterocycles. The highest BCUT2D eigenvalue weighted by molar-refractivity contribution is 5.94. The highest BCUT2D eigenvalue weighted by Crippen LogP contribution is 2.19. The van der Waals surface area contributed by atoms with Crippen LogP contribution in [0.4, 0.5) is 0 Å². The molecule has 11 nitrogen and oxygen atoms in total. The molecule has 180 valence electrons. The van der Waals surface area contributed by atoms with Gasteiger partial charge in [0, 0.05) is 23.5 Å². The van der Waals surface area contributed by atoms with Gasteiger partial charge in [0.1, 0.15) is 24.7 Å². The molecule has 0 aliphatic carbocycles. The van der Waals surface area contributed by atoms with E-state index in [9.17, 15) is 24.3 Å². The molecular formula is C22H31N5O6. The molecule has 0 radical (unpaired) electrons. The van der Waals surface area contributed by atoms with E-state index < -0.39 is 54.5 Å². The number of fused-ring (bicyclic) bond motifs is 1. The lowest BCUT2D eigenvalue weighted by atomic mass is 10.00. The SMILES string of the molecule is CC(C)C(NC(=O)C(Cc1c[nH]c2ccccc12)NC(=O)C(N)C(C)O)C(=O)NCC(=O)O. The third kappa shape index (κ3) is 7.02. The molecule has 2 rings (SSSR count). The first-order valence-electron chi connectivity index (χ1n) is 10.6. The Kier molecular flexibility index (Phi) is 8.94. The van der Waals surface area contributed by atoms with Gasteiger partial charge in [-0.05, 0) is 24.5 Å². The van der Waals surface area contributed by atoms with E-state index in [0.29, 0.717) is 0 Å². The van der Waals surface area contributed by atoms with Gasteiger partial charge in [0.2, 0.25) is 17.7 Å². The Balaban J connectivity index is 2.26.